The summed E-state index contributed by atoms with van der Waals surface area (Å²) < 4.78 is 0. The smallest absolute Gasteiger partial charge is 0.0783 e. The predicted octanol–water partition coefficient (Wildman–Crippen LogP) is 2.88. The van der Waals surface area contributed by atoms with E-state index in [1.165, 1.54) is 6.26 Å². The van der Waals surface area contributed by atoms with E-state index >= 15 is 0 Å². The van der Waals surface area contributed by atoms with E-state index in [0.717, 1.165) is 18.4 Å². The molecule has 1 N–H and O–H groups in total. The van der Waals surface area contributed by atoms with Crippen LogP contribution in [0, 0.1) is 5.92 Å². The highest BCUT2D eigenvalue weighted by Gasteiger charge is 1.97. The summed E-state index contributed by atoms with van der Waals surface area (Å²) in [6, 6.07) is 0. The Hall–Kier alpha value is -0.460. The van der Waals surface area contributed by atoms with Crippen LogP contribution in [-0.2, 0) is 0 Å². The lowest BCUT2D eigenvalue weighted by Gasteiger charge is -2.04. The van der Waals surface area contributed by atoms with Crippen LogP contribution in [0.3, 0.4) is 0 Å². The summed E-state index contributed by atoms with van der Waals surface area (Å²) in [5.41, 5.74) is 1.14. The Kier molecular flexibility index (Phi) is 4.20. The Bertz CT molecular complexity index is 92.7. The highest BCUT2D eigenvalue weighted by Crippen LogP contribution is 2.12. The molecule has 0 radical (unpaired) electrons. The lowest BCUT2D eigenvalue weighted by molar-refractivity contribution is 0.456. The normalized spacial score (nSPS) is 12.7. The molecule has 0 bridgehead atoms. The van der Waals surface area contributed by atoms with Crippen molar-refractivity contribution in [2.24, 2.45) is 5.92 Å². The highest BCUT2D eigenvalue weighted by molar-refractivity contribution is 4.96. The van der Waals surface area contributed by atoms with Gasteiger partial charge in [-0.15, -0.1) is 0 Å². The van der Waals surface area contributed by atoms with Crippen LogP contribution < -0.4 is 0 Å². The van der Waals surface area contributed by atoms with Crippen LogP contribution in [0.15, 0.2) is 11.8 Å². The van der Waals surface area contributed by atoms with Gasteiger partial charge in [-0.05, 0) is 24.3 Å². The Balaban J connectivity index is 3.58. The monoisotopic (exact) mass is 128 g/mol. The first-order chi connectivity index (χ1) is 4.20. The van der Waals surface area contributed by atoms with E-state index in [2.05, 4.69) is 20.8 Å². The third-order valence-corrected chi connectivity index (χ3v) is 1.31. The molecule has 54 valence electrons. The van der Waals surface area contributed by atoms with Crippen molar-refractivity contribution in [2.45, 2.75) is 33.6 Å². The molecular formula is C8H16O. The van der Waals surface area contributed by atoms with Crippen LogP contribution in [-0.4, -0.2) is 5.11 Å². The number of hydrogen-bond acceptors (Lipinski definition) is 1. The molecule has 0 atom stereocenters. The average Bonchev–Trinajstić information content (AvgIpc) is 1.82. The zero-order chi connectivity index (χ0) is 7.28. The molecule has 0 aliphatic carbocycles. The molecule has 0 aromatic rings. The highest BCUT2D eigenvalue weighted by atomic mass is 16.2. The molecule has 0 saturated carbocycles. The molecule has 1 heteroatoms. The van der Waals surface area contributed by atoms with Crippen molar-refractivity contribution in [2.75, 3.05) is 0 Å². The summed E-state index contributed by atoms with van der Waals surface area (Å²) in [6.07, 6.45) is 3.22. The van der Waals surface area contributed by atoms with E-state index in [4.69, 9.17) is 5.11 Å². The number of aliphatic hydroxyl groups is 1. The van der Waals surface area contributed by atoms with Gasteiger partial charge in [0.2, 0.25) is 0 Å². The second-order valence-corrected chi connectivity index (χ2v) is 2.74. The number of hydrogen-bond donors (Lipinski definition) is 1. The Morgan fingerprint density at radius 2 is 2.11 bits per heavy atom. The Morgan fingerprint density at radius 3 is 2.22 bits per heavy atom. The molecule has 0 amide bonds. The van der Waals surface area contributed by atoms with Crippen molar-refractivity contribution in [1.29, 1.82) is 0 Å². The zero-order valence-electron chi connectivity index (χ0n) is 6.52. The molecule has 0 aromatic carbocycles. The van der Waals surface area contributed by atoms with Gasteiger partial charge in [-0.1, -0.05) is 20.8 Å². The Morgan fingerprint density at radius 1 is 1.56 bits per heavy atom. The van der Waals surface area contributed by atoms with Crippen molar-refractivity contribution in [3.63, 3.8) is 0 Å². The van der Waals surface area contributed by atoms with E-state index in [9.17, 15) is 0 Å². The SMILES string of the molecule is CCC(=CO)CC(C)C. The first-order valence-corrected chi connectivity index (χ1v) is 3.52. The lowest BCUT2D eigenvalue weighted by atomic mass is 10.0. The minimum absolute atomic E-state index is 0.656. The first kappa shape index (κ1) is 8.54. The van der Waals surface area contributed by atoms with E-state index in [1.807, 2.05) is 0 Å². The molecule has 9 heavy (non-hydrogen) atoms. The van der Waals surface area contributed by atoms with Crippen molar-refractivity contribution < 1.29 is 5.11 Å². The lowest BCUT2D eigenvalue weighted by Crippen LogP contribution is -1.89. The maximum atomic E-state index is 8.61. The minimum atomic E-state index is 0.656. The van der Waals surface area contributed by atoms with Gasteiger partial charge < -0.3 is 5.11 Å². The van der Waals surface area contributed by atoms with Crippen LogP contribution in [0.5, 0.6) is 0 Å². The maximum Gasteiger partial charge on any atom is 0.0783 e. The van der Waals surface area contributed by atoms with Gasteiger partial charge in [0.1, 0.15) is 0 Å². The summed E-state index contributed by atoms with van der Waals surface area (Å²) in [6.45, 7) is 6.36. The van der Waals surface area contributed by atoms with Gasteiger partial charge in [0.25, 0.3) is 0 Å². The van der Waals surface area contributed by atoms with E-state index in [-0.39, 0.29) is 0 Å². The van der Waals surface area contributed by atoms with Crippen molar-refractivity contribution in [1.82, 2.24) is 0 Å². The summed E-state index contributed by atoms with van der Waals surface area (Å²) >= 11 is 0. The van der Waals surface area contributed by atoms with Crippen molar-refractivity contribution in [3.8, 4) is 0 Å². The van der Waals surface area contributed by atoms with Crippen LogP contribution in [0.25, 0.3) is 0 Å². The molecule has 0 rings (SSSR count). The van der Waals surface area contributed by atoms with Crippen molar-refractivity contribution >= 4 is 0 Å². The average molecular weight is 128 g/mol. The molecule has 0 unspecified atom stereocenters. The van der Waals surface area contributed by atoms with Gasteiger partial charge in [-0.3, -0.25) is 0 Å². The van der Waals surface area contributed by atoms with Crippen LogP contribution in [0.1, 0.15) is 33.6 Å². The second-order valence-electron chi connectivity index (χ2n) is 2.74. The second kappa shape index (κ2) is 4.42. The molecule has 0 spiro atoms. The third-order valence-electron chi connectivity index (χ3n) is 1.31. The predicted molar refractivity (Wildman–Crippen MR) is 40.5 cm³/mol. The fourth-order valence-corrected chi connectivity index (χ4v) is 0.813. The van der Waals surface area contributed by atoms with E-state index < -0.39 is 0 Å². The van der Waals surface area contributed by atoms with Gasteiger partial charge in [-0.2, -0.15) is 0 Å². The third kappa shape index (κ3) is 4.07. The van der Waals surface area contributed by atoms with Crippen LogP contribution >= 0.6 is 0 Å². The van der Waals surface area contributed by atoms with E-state index in [1.54, 1.807) is 0 Å². The first-order valence-electron chi connectivity index (χ1n) is 3.52. The standard InChI is InChI=1S/C8H16O/c1-4-8(6-9)5-7(2)3/h6-7,9H,4-5H2,1-3H3. The van der Waals surface area contributed by atoms with Crippen LogP contribution in [0.4, 0.5) is 0 Å². The molecule has 0 aromatic heterocycles. The van der Waals surface area contributed by atoms with Gasteiger partial charge >= 0.3 is 0 Å². The minimum Gasteiger partial charge on any atom is -0.516 e. The van der Waals surface area contributed by atoms with Gasteiger partial charge in [-0.25, -0.2) is 0 Å². The van der Waals surface area contributed by atoms with Gasteiger partial charge in [0, 0.05) is 0 Å². The molecule has 0 saturated heterocycles. The van der Waals surface area contributed by atoms with Crippen LogP contribution in [0.2, 0.25) is 0 Å². The zero-order valence-corrected chi connectivity index (χ0v) is 6.52. The number of aliphatic hydroxyl groups excluding tert-OH is 1. The molecule has 0 fully saturated rings. The number of rotatable bonds is 3. The summed E-state index contributed by atoms with van der Waals surface area (Å²) in [4.78, 5) is 0. The number of allylic oxidation sites excluding steroid dienone is 1. The fourth-order valence-electron chi connectivity index (χ4n) is 0.813. The Labute approximate surface area is 57.4 Å². The summed E-state index contributed by atoms with van der Waals surface area (Å²) in [5.74, 6) is 0.656. The van der Waals surface area contributed by atoms with Crippen molar-refractivity contribution in [3.05, 3.63) is 11.8 Å². The molecule has 1 nitrogen and oxygen atoms in total. The summed E-state index contributed by atoms with van der Waals surface area (Å²) in [5, 5.41) is 8.61. The summed E-state index contributed by atoms with van der Waals surface area (Å²) in [7, 11) is 0. The molecular weight excluding hydrogens is 112 g/mol. The fraction of sp³-hybridized carbons (Fsp3) is 0.750. The van der Waals surface area contributed by atoms with E-state index in [0.29, 0.717) is 5.92 Å². The van der Waals surface area contributed by atoms with Gasteiger partial charge in [0.15, 0.2) is 0 Å². The molecule has 0 heterocycles. The molecule has 0 aliphatic rings. The quantitative estimate of drug-likeness (QED) is 0.579. The maximum absolute atomic E-state index is 8.61. The molecule has 0 aliphatic heterocycles. The topological polar surface area (TPSA) is 20.2 Å². The largest absolute Gasteiger partial charge is 0.516 e. The van der Waals surface area contributed by atoms with Gasteiger partial charge in [0.05, 0.1) is 6.26 Å².